The molecular formula is C10H20N2O. The molecule has 3 nitrogen and oxygen atoms in total. The zero-order chi connectivity index (χ0) is 9.68. The molecule has 0 atom stereocenters. The Kier molecular flexibility index (Phi) is 4.22. The van der Waals surface area contributed by atoms with Gasteiger partial charge in [0.25, 0.3) is 0 Å². The van der Waals surface area contributed by atoms with E-state index in [1.165, 1.54) is 32.1 Å². The van der Waals surface area contributed by atoms with Crippen molar-refractivity contribution in [1.82, 2.24) is 4.90 Å². The summed E-state index contributed by atoms with van der Waals surface area (Å²) in [4.78, 5) is 12.6. The van der Waals surface area contributed by atoms with Crippen LogP contribution in [0.15, 0.2) is 0 Å². The van der Waals surface area contributed by atoms with Crippen LogP contribution >= 0.6 is 0 Å². The Hall–Kier alpha value is -0.570. The van der Waals surface area contributed by atoms with Crippen LogP contribution in [0, 0.1) is 5.92 Å². The molecule has 1 saturated carbocycles. The number of hydrogen-bond acceptors (Lipinski definition) is 2. The highest BCUT2D eigenvalue weighted by Crippen LogP contribution is 2.27. The first kappa shape index (κ1) is 10.5. The molecular weight excluding hydrogens is 164 g/mol. The molecule has 13 heavy (non-hydrogen) atoms. The van der Waals surface area contributed by atoms with Gasteiger partial charge in [0, 0.05) is 0 Å². The summed E-state index contributed by atoms with van der Waals surface area (Å²) in [6.07, 6.45) is 6.77. The van der Waals surface area contributed by atoms with Gasteiger partial charge in [-0.05, 0) is 25.9 Å². The van der Waals surface area contributed by atoms with Gasteiger partial charge in [-0.15, -0.1) is 0 Å². The summed E-state index contributed by atoms with van der Waals surface area (Å²) in [5.41, 5.74) is 5.10. The van der Waals surface area contributed by atoms with Crippen molar-refractivity contribution >= 4 is 5.91 Å². The van der Waals surface area contributed by atoms with Crippen LogP contribution in [-0.4, -0.2) is 30.9 Å². The van der Waals surface area contributed by atoms with E-state index in [0.29, 0.717) is 6.54 Å². The third kappa shape index (κ3) is 4.27. The molecule has 0 aromatic carbocycles. The number of likely N-dealkylation sites (N-methyl/N-ethyl adjacent to an activating group) is 1. The fourth-order valence-corrected chi connectivity index (χ4v) is 2.05. The Morgan fingerprint density at radius 2 is 2.08 bits per heavy atom. The van der Waals surface area contributed by atoms with Crippen LogP contribution in [0.25, 0.3) is 0 Å². The van der Waals surface area contributed by atoms with E-state index in [4.69, 9.17) is 5.73 Å². The number of amides is 1. The van der Waals surface area contributed by atoms with Crippen LogP contribution in [0.4, 0.5) is 0 Å². The van der Waals surface area contributed by atoms with Crippen molar-refractivity contribution in [2.24, 2.45) is 11.7 Å². The largest absolute Gasteiger partial charge is 0.369 e. The van der Waals surface area contributed by atoms with Crippen LogP contribution in [0.3, 0.4) is 0 Å². The van der Waals surface area contributed by atoms with Crippen molar-refractivity contribution in [3.05, 3.63) is 0 Å². The SMILES string of the molecule is CN(CCC1CCCC1)CC(N)=O. The highest BCUT2D eigenvalue weighted by atomic mass is 16.1. The maximum Gasteiger partial charge on any atom is 0.231 e. The molecule has 0 saturated heterocycles. The van der Waals surface area contributed by atoms with E-state index in [1.54, 1.807) is 0 Å². The zero-order valence-electron chi connectivity index (χ0n) is 8.46. The smallest absolute Gasteiger partial charge is 0.231 e. The number of nitrogens with two attached hydrogens (primary N) is 1. The molecule has 1 aliphatic carbocycles. The minimum atomic E-state index is -0.228. The fraction of sp³-hybridized carbons (Fsp3) is 0.900. The van der Waals surface area contributed by atoms with Gasteiger partial charge in [-0.25, -0.2) is 0 Å². The number of carbonyl (C=O) groups excluding carboxylic acids is 1. The van der Waals surface area contributed by atoms with Crippen molar-refractivity contribution in [1.29, 1.82) is 0 Å². The van der Waals surface area contributed by atoms with Crippen molar-refractivity contribution < 1.29 is 4.79 Å². The van der Waals surface area contributed by atoms with Gasteiger partial charge >= 0.3 is 0 Å². The van der Waals surface area contributed by atoms with E-state index < -0.39 is 0 Å². The third-order valence-corrected chi connectivity index (χ3v) is 2.82. The summed E-state index contributed by atoms with van der Waals surface area (Å²) in [7, 11) is 1.96. The van der Waals surface area contributed by atoms with Gasteiger partial charge in [0.15, 0.2) is 0 Å². The normalized spacial score (nSPS) is 18.3. The molecule has 1 aliphatic rings. The highest BCUT2D eigenvalue weighted by Gasteiger charge is 2.15. The molecule has 0 aromatic rings. The second-order valence-corrected chi connectivity index (χ2v) is 4.14. The van der Waals surface area contributed by atoms with Crippen LogP contribution in [0.1, 0.15) is 32.1 Å². The predicted octanol–water partition coefficient (Wildman–Crippen LogP) is 0.984. The minimum Gasteiger partial charge on any atom is -0.369 e. The van der Waals surface area contributed by atoms with Crippen LogP contribution in [0.5, 0.6) is 0 Å². The molecule has 0 aromatic heterocycles. The zero-order valence-corrected chi connectivity index (χ0v) is 8.46. The second-order valence-electron chi connectivity index (χ2n) is 4.14. The average Bonchev–Trinajstić information content (AvgIpc) is 2.51. The fourth-order valence-electron chi connectivity index (χ4n) is 2.05. The number of rotatable bonds is 5. The minimum absolute atomic E-state index is 0.228. The molecule has 1 amide bonds. The molecule has 76 valence electrons. The number of carbonyl (C=O) groups is 1. The Morgan fingerprint density at radius 1 is 1.46 bits per heavy atom. The quantitative estimate of drug-likeness (QED) is 0.692. The van der Waals surface area contributed by atoms with E-state index in [-0.39, 0.29) is 5.91 Å². The average molecular weight is 184 g/mol. The van der Waals surface area contributed by atoms with Crippen molar-refractivity contribution in [2.45, 2.75) is 32.1 Å². The Balaban J connectivity index is 2.06. The summed E-state index contributed by atoms with van der Waals surface area (Å²) < 4.78 is 0. The first-order valence-electron chi connectivity index (χ1n) is 5.15. The van der Waals surface area contributed by atoms with Crippen LogP contribution < -0.4 is 5.73 Å². The summed E-state index contributed by atoms with van der Waals surface area (Å²) in [5.74, 6) is 0.671. The lowest BCUT2D eigenvalue weighted by molar-refractivity contribution is -0.118. The summed E-state index contributed by atoms with van der Waals surface area (Å²) >= 11 is 0. The number of primary amides is 1. The second kappa shape index (κ2) is 5.22. The third-order valence-electron chi connectivity index (χ3n) is 2.82. The lowest BCUT2D eigenvalue weighted by Crippen LogP contribution is -2.31. The lowest BCUT2D eigenvalue weighted by atomic mass is 10.0. The summed E-state index contributed by atoms with van der Waals surface area (Å²) in [6, 6.07) is 0. The van der Waals surface area contributed by atoms with Gasteiger partial charge < -0.3 is 5.73 Å². The first-order valence-corrected chi connectivity index (χ1v) is 5.15. The molecule has 0 bridgehead atoms. The Morgan fingerprint density at radius 3 is 2.62 bits per heavy atom. The molecule has 2 N–H and O–H groups in total. The predicted molar refractivity (Wildman–Crippen MR) is 53.3 cm³/mol. The topological polar surface area (TPSA) is 46.3 Å². The van der Waals surface area contributed by atoms with Gasteiger partial charge in [-0.2, -0.15) is 0 Å². The van der Waals surface area contributed by atoms with Gasteiger partial charge in [0.05, 0.1) is 6.54 Å². The van der Waals surface area contributed by atoms with Crippen molar-refractivity contribution in [3.8, 4) is 0 Å². The van der Waals surface area contributed by atoms with E-state index in [1.807, 2.05) is 11.9 Å². The van der Waals surface area contributed by atoms with Gasteiger partial charge in [0.2, 0.25) is 5.91 Å². The van der Waals surface area contributed by atoms with Crippen LogP contribution in [-0.2, 0) is 4.79 Å². The highest BCUT2D eigenvalue weighted by molar-refractivity contribution is 5.75. The number of hydrogen-bond donors (Lipinski definition) is 1. The summed E-state index contributed by atoms with van der Waals surface area (Å²) in [6.45, 7) is 1.40. The number of nitrogens with zero attached hydrogens (tertiary/aromatic N) is 1. The Labute approximate surface area is 80.3 Å². The van der Waals surface area contributed by atoms with Crippen molar-refractivity contribution in [2.75, 3.05) is 20.1 Å². The van der Waals surface area contributed by atoms with E-state index in [0.717, 1.165) is 12.5 Å². The monoisotopic (exact) mass is 184 g/mol. The van der Waals surface area contributed by atoms with Gasteiger partial charge in [-0.1, -0.05) is 25.7 Å². The first-order chi connectivity index (χ1) is 6.18. The lowest BCUT2D eigenvalue weighted by Gasteiger charge is -2.16. The standard InChI is InChI=1S/C10H20N2O/c1-12(8-10(11)13)7-6-9-4-2-3-5-9/h9H,2-8H2,1H3,(H2,11,13). The molecule has 1 fully saturated rings. The van der Waals surface area contributed by atoms with E-state index >= 15 is 0 Å². The van der Waals surface area contributed by atoms with Gasteiger partial charge in [-0.3, -0.25) is 9.69 Å². The maximum atomic E-state index is 10.6. The van der Waals surface area contributed by atoms with Crippen molar-refractivity contribution in [3.63, 3.8) is 0 Å². The molecule has 1 rings (SSSR count). The Bertz CT molecular complexity index is 164. The molecule has 3 heteroatoms. The van der Waals surface area contributed by atoms with Gasteiger partial charge in [0.1, 0.15) is 0 Å². The van der Waals surface area contributed by atoms with Crippen LogP contribution in [0.2, 0.25) is 0 Å². The maximum absolute atomic E-state index is 10.6. The van der Waals surface area contributed by atoms with E-state index in [9.17, 15) is 4.79 Å². The molecule has 0 heterocycles. The van der Waals surface area contributed by atoms with E-state index in [2.05, 4.69) is 0 Å². The summed E-state index contributed by atoms with van der Waals surface area (Å²) in [5, 5.41) is 0. The molecule has 0 unspecified atom stereocenters. The molecule has 0 spiro atoms. The molecule has 0 radical (unpaired) electrons. The molecule has 0 aliphatic heterocycles.